The van der Waals surface area contributed by atoms with Gasteiger partial charge in [-0.15, -0.1) is 0 Å². The molecule has 0 fully saturated rings. The number of amides is 1. The SMILES string of the molecule is CCN(CC)c1ccc(/C=N/NC(=O)COc2ccc(Br)c(C)c2)cc1. The van der Waals surface area contributed by atoms with E-state index in [0.717, 1.165) is 28.7 Å². The van der Waals surface area contributed by atoms with E-state index < -0.39 is 0 Å². The molecule has 0 unspecified atom stereocenters. The van der Waals surface area contributed by atoms with E-state index in [2.05, 4.69) is 57.3 Å². The molecule has 0 aliphatic carbocycles. The van der Waals surface area contributed by atoms with Crippen molar-refractivity contribution < 1.29 is 9.53 Å². The molecule has 0 saturated heterocycles. The van der Waals surface area contributed by atoms with E-state index in [1.165, 1.54) is 5.69 Å². The van der Waals surface area contributed by atoms with Gasteiger partial charge in [0.05, 0.1) is 6.21 Å². The molecule has 0 heterocycles. The van der Waals surface area contributed by atoms with Crippen LogP contribution in [-0.4, -0.2) is 31.8 Å². The Morgan fingerprint density at radius 2 is 1.88 bits per heavy atom. The number of carbonyl (C=O) groups is 1. The molecule has 0 aliphatic rings. The highest BCUT2D eigenvalue weighted by atomic mass is 79.9. The molecule has 1 amide bonds. The number of hydrogen-bond acceptors (Lipinski definition) is 4. The zero-order valence-corrected chi connectivity index (χ0v) is 16.9. The molecule has 0 aliphatic heterocycles. The van der Waals surface area contributed by atoms with Crippen LogP contribution in [0.15, 0.2) is 52.0 Å². The van der Waals surface area contributed by atoms with Crippen LogP contribution in [0.5, 0.6) is 5.75 Å². The number of nitrogens with one attached hydrogen (secondary N) is 1. The van der Waals surface area contributed by atoms with Gasteiger partial charge < -0.3 is 9.64 Å². The molecule has 0 bridgehead atoms. The van der Waals surface area contributed by atoms with Crippen LogP contribution in [0.4, 0.5) is 5.69 Å². The van der Waals surface area contributed by atoms with Gasteiger partial charge in [0.15, 0.2) is 6.61 Å². The molecule has 0 atom stereocenters. The predicted molar refractivity (Wildman–Crippen MR) is 110 cm³/mol. The van der Waals surface area contributed by atoms with Crippen molar-refractivity contribution in [3.63, 3.8) is 0 Å². The Labute approximate surface area is 163 Å². The number of hydrazone groups is 1. The van der Waals surface area contributed by atoms with Crippen LogP contribution in [0, 0.1) is 6.92 Å². The Morgan fingerprint density at radius 3 is 2.50 bits per heavy atom. The molecule has 0 spiro atoms. The fraction of sp³-hybridized carbons (Fsp3) is 0.300. The molecule has 6 heteroatoms. The lowest BCUT2D eigenvalue weighted by Crippen LogP contribution is -2.24. The minimum Gasteiger partial charge on any atom is -0.484 e. The second kappa shape index (κ2) is 9.97. The zero-order chi connectivity index (χ0) is 18.9. The van der Waals surface area contributed by atoms with Crippen molar-refractivity contribution >= 4 is 33.7 Å². The Bertz CT molecular complexity index is 756. The quantitative estimate of drug-likeness (QED) is 0.518. The van der Waals surface area contributed by atoms with Gasteiger partial charge >= 0.3 is 0 Å². The highest BCUT2D eigenvalue weighted by Crippen LogP contribution is 2.21. The molecule has 2 rings (SSSR count). The third-order valence-electron chi connectivity index (χ3n) is 3.92. The molecule has 0 radical (unpaired) electrons. The number of anilines is 1. The number of benzene rings is 2. The zero-order valence-electron chi connectivity index (χ0n) is 15.3. The molecule has 0 saturated carbocycles. The molecule has 2 aromatic carbocycles. The Balaban J connectivity index is 1.81. The molecule has 1 N–H and O–H groups in total. The fourth-order valence-electron chi connectivity index (χ4n) is 2.43. The Kier molecular flexibility index (Phi) is 7.66. The summed E-state index contributed by atoms with van der Waals surface area (Å²) in [6.45, 7) is 8.08. The molecular formula is C20H24BrN3O2. The Hall–Kier alpha value is -2.34. The van der Waals surface area contributed by atoms with Crippen LogP contribution in [0.1, 0.15) is 25.0 Å². The average molecular weight is 418 g/mol. The summed E-state index contributed by atoms with van der Waals surface area (Å²) in [5.41, 5.74) is 5.62. The number of ether oxygens (including phenoxy) is 1. The lowest BCUT2D eigenvalue weighted by molar-refractivity contribution is -0.123. The largest absolute Gasteiger partial charge is 0.484 e. The first-order valence-electron chi connectivity index (χ1n) is 8.59. The lowest BCUT2D eigenvalue weighted by atomic mass is 10.2. The fourth-order valence-corrected chi connectivity index (χ4v) is 2.67. The standard InChI is InChI=1S/C20H24BrN3O2/c1-4-24(5-2)17-8-6-16(7-9-17)13-22-23-20(25)14-26-18-10-11-19(21)15(3)12-18/h6-13H,4-5,14H2,1-3H3,(H,23,25)/b22-13+. The van der Waals surface area contributed by atoms with Gasteiger partial charge in [0.25, 0.3) is 5.91 Å². The topological polar surface area (TPSA) is 53.9 Å². The van der Waals surface area contributed by atoms with Crippen molar-refractivity contribution in [3.05, 3.63) is 58.1 Å². The average Bonchev–Trinajstić information content (AvgIpc) is 2.65. The van der Waals surface area contributed by atoms with E-state index in [9.17, 15) is 4.79 Å². The van der Waals surface area contributed by atoms with Crippen LogP contribution in [0.3, 0.4) is 0 Å². The number of halogens is 1. The van der Waals surface area contributed by atoms with Gasteiger partial charge in [-0.05, 0) is 62.2 Å². The van der Waals surface area contributed by atoms with Crippen molar-refractivity contribution in [2.24, 2.45) is 5.10 Å². The van der Waals surface area contributed by atoms with Gasteiger partial charge in [0, 0.05) is 23.2 Å². The Morgan fingerprint density at radius 1 is 1.19 bits per heavy atom. The van der Waals surface area contributed by atoms with Gasteiger partial charge in [-0.2, -0.15) is 5.10 Å². The van der Waals surface area contributed by atoms with Crippen LogP contribution >= 0.6 is 15.9 Å². The molecular weight excluding hydrogens is 394 g/mol. The van der Waals surface area contributed by atoms with Gasteiger partial charge in [-0.1, -0.05) is 28.1 Å². The molecule has 138 valence electrons. The van der Waals surface area contributed by atoms with Crippen molar-refractivity contribution in [2.45, 2.75) is 20.8 Å². The van der Waals surface area contributed by atoms with E-state index in [-0.39, 0.29) is 12.5 Å². The first kappa shape index (κ1) is 20.0. The summed E-state index contributed by atoms with van der Waals surface area (Å²) in [6, 6.07) is 13.6. The summed E-state index contributed by atoms with van der Waals surface area (Å²) in [7, 11) is 0. The molecule has 5 nitrogen and oxygen atoms in total. The predicted octanol–water partition coefficient (Wildman–Crippen LogP) is 4.13. The third kappa shape index (κ3) is 5.88. The minimum atomic E-state index is -0.304. The van der Waals surface area contributed by atoms with Crippen molar-refractivity contribution in [3.8, 4) is 5.75 Å². The van der Waals surface area contributed by atoms with E-state index in [4.69, 9.17) is 4.74 Å². The number of aryl methyl sites for hydroxylation is 1. The van der Waals surface area contributed by atoms with Crippen molar-refractivity contribution in [1.82, 2.24) is 5.43 Å². The van der Waals surface area contributed by atoms with Crippen molar-refractivity contribution in [2.75, 3.05) is 24.6 Å². The molecule has 2 aromatic rings. The number of nitrogens with zero attached hydrogens (tertiary/aromatic N) is 2. The minimum absolute atomic E-state index is 0.0840. The van der Waals surface area contributed by atoms with Crippen LogP contribution < -0.4 is 15.1 Å². The summed E-state index contributed by atoms with van der Waals surface area (Å²) in [6.07, 6.45) is 1.62. The normalized spacial score (nSPS) is 10.8. The van der Waals surface area contributed by atoms with Gasteiger partial charge in [0.2, 0.25) is 0 Å². The smallest absolute Gasteiger partial charge is 0.277 e. The third-order valence-corrected chi connectivity index (χ3v) is 4.81. The van der Waals surface area contributed by atoms with E-state index in [1.807, 2.05) is 37.3 Å². The summed E-state index contributed by atoms with van der Waals surface area (Å²) in [5.74, 6) is 0.346. The molecule has 26 heavy (non-hydrogen) atoms. The number of carbonyl (C=O) groups excluding carboxylic acids is 1. The van der Waals surface area contributed by atoms with Crippen molar-refractivity contribution in [1.29, 1.82) is 0 Å². The second-order valence-electron chi connectivity index (χ2n) is 5.76. The van der Waals surface area contributed by atoms with Gasteiger partial charge in [-0.3, -0.25) is 4.79 Å². The first-order valence-corrected chi connectivity index (χ1v) is 9.38. The summed E-state index contributed by atoms with van der Waals surface area (Å²) in [4.78, 5) is 14.1. The monoisotopic (exact) mass is 417 g/mol. The summed E-state index contributed by atoms with van der Waals surface area (Å²) >= 11 is 3.43. The number of hydrogen-bond donors (Lipinski definition) is 1. The van der Waals surface area contributed by atoms with Crippen LogP contribution in [-0.2, 0) is 4.79 Å². The maximum absolute atomic E-state index is 11.8. The van der Waals surface area contributed by atoms with Crippen LogP contribution in [0.25, 0.3) is 0 Å². The second-order valence-corrected chi connectivity index (χ2v) is 6.61. The highest BCUT2D eigenvalue weighted by Gasteiger charge is 2.03. The summed E-state index contributed by atoms with van der Waals surface area (Å²) < 4.78 is 6.47. The highest BCUT2D eigenvalue weighted by molar-refractivity contribution is 9.10. The lowest BCUT2D eigenvalue weighted by Gasteiger charge is -2.20. The first-order chi connectivity index (χ1) is 12.5. The maximum Gasteiger partial charge on any atom is 0.277 e. The number of rotatable bonds is 8. The van der Waals surface area contributed by atoms with E-state index in [1.54, 1.807) is 6.21 Å². The van der Waals surface area contributed by atoms with Gasteiger partial charge in [0.1, 0.15) is 5.75 Å². The van der Waals surface area contributed by atoms with E-state index >= 15 is 0 Å². The summed E-state index contributed by atoms with van der Waals surface area (Å²) in [5, 5.41) is 3.97. The maximum atomic E-state index is 11.8. The van der Waals surface area contributed by atoms with E-state index in [0.29, 0.717) is 5.75 Å². The molecule has 0 aromatic heterocycles. The van der Waals surface area contributed by atoms with Gasteiger partial charge in [-0.25, -0.2) is 5.43 Å². The van der Waals surface area contributed by atoms with Crippen LogP contribution in [0.2, 0.25) is 0 Å².